The van der Waals surface area contributed by atoms with Crippen molar-refractivity contribution in [2.75, 3.05) is 13.7 Å². The molecule has 0 saturated heterocycles. The molecule has 0 aromatic rings. The fraction of sp³-hybridized carbons (Fsp3) is 0.889. The molecule has 0 N–H and O–H groups in total. The normalized spacial score (nSPS) is 15.4. The monoisotopic (exact) mass is 302 g/mol. The predicted molar refractivity (Wildman–Crippen MR) is 75.3 cm³/mol. The second-order valence-electron chi connectivity index (χ2n) is 4.19. The Hall–Kier alpha value is 0.320. The van der Waals surface area contributed by atoms with Crippen LogP contribution in [0.5, 0.6) is 0 Å². The van der Waals surface area contributed by atoms with Crippen LogP contribution in [-0.4, -0.2) is 40.4 Å². The lowest BCUT2D eigenvalue weighted by Crippen LogP contribution is -2.28. The van der Waals surface area contributed by atoms with Crippen LogP contribution in [0.1, 0.15) is 27.7 Å². The van der Waals surface area contributed by atoms with Crippen molar-refractivity contribution < 1.29 is 13.7 Å². The Kier molecular flexibility index (Phi) is 7.18. The highest BCUT2D eigenvalue weighted by Crippen LogP contribution is 2.54. The number of carbonyl (C=O) groups excluding carboxylic acids is 1. The minimum atomic E-state index is -2.24. The highest BCUT2D eigenvalue weighted by atomic mass is 32.5. The third-order valence-electron chi connectivity index (χ3n) is 1.66. The first kappa shape index (κ1) is 17.3. The van der Waals surface area contributed by atoms with Gasteiger partial charge >= 0.3 is 6.16 Å². The fourth-order valence-corrected chi connectivity index (χ4v) is 5.72. The van der Waals surface area contributed by atoms with E-state index in [1.54, 1.807) is 4.08 Å². The Bertz CT molecular complexity index is 315. The topological polar surface area (TPSA) is 32.8 Å². The Morgan fingerprint density at radius 2 is 1.88 bits per heavy atom. The molecule has 17 heavy (non-hydrogen) atoms. The summed E-state index contributed by atoms with van der Waals surface area (Å²) >= 11 is 6.43. The van der Waals surface area contributed by atoms with Crippen molar-refractivity contribution in [2.24, 2.45) is 0 Å². The maximum absolute atomic E-state index is 12.5. The van der Waals surface area contributed by atoms with Gasteiger partial charge in [-0.25, -0.2) is 9.10 Å². The molecular weight excluding hydrogens is 282 g/mol. The average molecular weight is 302 g/mol. The van der Waals surface area contributed by atoms with Gasteiger partial charge in [-0.2, -0.15) is 4.08 Å². The number of hydrogen-bond acceptors (Lipinski definition) is 4. The van der Waals surface area contributed by atoms with Crippen LogP contribution in [-0.2, 0) is 16.3 Å². The van der Waals surface area contributed by atoms with E-state index in [9.17, 15) is 9.18 Å². The molecule has 0 aromatic heterocycles. The molecule has 0 fully saturated rings. The van der Waals surface area contributed by atoms with Crippen LogP contribution < -0.4 is 0 Å². The third kappa shape index (κ3) is 6.15. The lowest BCUT2D eigenvalue weighted by Gasteiger charge is -2.36. The van der Waals surface area contributed by atoms with E-state index in [-0.39, 0.29) is 12.1 Å². The first-order valence-electron chi connectivity index (χ1n) is 5.24. The van der Waals surface area contributed by atoms with Crippen LogP contribution in [0.2, 0.25) is 0 Å². The molecule has 0 aliphatic heterocycles. The molecule has 8 heteroatoms. The first-order valence-corrected chi connectivity index (χ1v) is 9.10. The summed E-state index contributed by atoms with van der Waals surface area (Å²) in [4.78, 5) is 10.6. The van der Waals surface area contributed by atoms with Crippen LogP contribution in [0.25, 0.3) is 0 Å². The summed E-state index contributed by atoms with van der Waals surface area (Å²) in [7, 11) is 1.37. The zero-order valence-corrected chi connectivity index (χ0v) is 13.5. The molecular formula is C9H20FN2O2PS2. The van der Waals surface area contributed by atoms with Crippen LogP contribution in [0.4, 0.5) is 9.18 Å². The minimum Gasteiger partial charge on any atom is -0.335 e. The predicted octanol–water partition coefficient (Wildman–Crippen LogP) is 3.65. The van der Waals surface area contributed by atoms with Crippen molar-refractivity contribution in [1.82, 2.24) is 8.38 Å². The number of amides is 1. The zero-order chi connectivity index (χ0) is 13.8. The highest BCUT2D eigenvalue weighted by Gasteiger charge is 2.29. The van der Waals surface area contributed by atoms with Gasteiger partial charge in [0.2, 0.25) is 0 Å². The van der Waals surface area contributed by atoms with E-state index in [2.05, 4.69) is 0 Å². The highest BCUT2D eigenvalue weighted by molar-refractivity contribution is 8.16. The molecule has 0 heterocycles. The molecule has 1 amide bonds. The smallest absolute Gasteiger partial charge is 0.335 e. The molecule has 0 rings (SSSR count). The molecule has 0 bridgehead atoms. The first-order chi connectivity index (χ1) is 7.58. The Balaban J connectivity index is 4.85. The summed E-state index contributed by atoms with van der Waals surface area (Å²) in [6.07, 6.45) is -3.74. The van der Waals surface area contributed by atoms with E-state index in [0.717, 1.165) is 16.4 Å². The second kappa shape index (κ2) is 7.04. The van der Waals surface area contributed by atoms with E-state index >= 15 is 0 Å². The molecule has 4 nitrogen and oxygen atoms in total. The van der Waals surface area contributed by atoms with Crippen LogP contribution in [0.3, 0.4) is 0 Å². The maximum atomic E-state index is 12.5. The number of carbonyl (C=O) groups is 1. The van der Waals surface area contributed by atoms with E-state index in [1.807, 2.05) is 34.4 Å². The Labute approximate surface area is 112 Å². The van der Waals surface area contributed by atoms with E-state index in [0.29, 0.717) is 0 Å². The van der Waals surface area contributed by atoms with Gasteiger partial charge in [0.25, 0.3) is 0 Å². The van der Waals surface area contributed by atoms with Crippen molar-refractivity contribution in [2.45, 2.75) is 39.8 Å². The molecule has 102 valence electrons. The summed E-state index contributed by atoms with van der Waals surface area (Å²) in [6, 6.07) is 0.0522. The molecule has 0 radical (unpaired) electrons. The van der Waals surface area contributed by atoms with Crippen LogP contribution in [0.15, 0.2) is 0 Å². The number of hydrogen-bond donors (Lipinski definition) is 0. The molecule has 0 saturated carbocycles. The number of nitrogens with zero attached hydrogens (tertiary/aromatic N) is 2. The van der Waals surface area contributed by atoms with Gasteiger partial charge in [0.1, 0.15) is 6.42 Å². The summed E-state index contributed by atoms with van der Waals surface area (Å²) in [5.74, 6) is 0. The summed E-state index contributed by atoms with van der Waals surface area (Å²) in [6.45, 7) is 9.48. The van der Waals surface area contributed by atoms with Crippen LogP contribution >= 0.6 is 18.5 Å². The molecule has 1 unspecified atom stereocenters. The molecule has 0 aromatic carbocycles. The Morgan fingerprint density at radius 3 is 2.18 bits per heavy atom. The largest absolute Gasteiger partial charge is 0.410 e. The van der Waals surface area contributed by atoms with Gasteiger partial charge in [-0.05, 0) is 39.5 Å². The van der Waals surface area contributed by atoms with Crippen molar-refractivity contribution in [3.63, 3.8) is 0 Å². The number of halogens is 1. The second-order valence-corrected chi connectivity index (χ2v) is 9.84. The van der Waals surface area contributed by atoms with Gasteiger partial charge < -0.3 is 4.52 Å². The van der Waals surface area contributed by atoms with Gasteiger partial charge in [0.15, 0.2) is 0 Å². The maximum Gasteiger partial charge on any atom is 0.410 e. The molecule has 0 aliphatic rings. The van der Waals surface area contributed by atoms with Gasteiger partial charge in [-0.1, -0.05) is 0 Å². The van der Waals surface area contributed by atoms with Gasteiger partial charge in [-0.3, -0.25) is 0 Å². The quantitative estimate of drug-likeness (QED) is 0.324. The minimum absolute atomic E-state index is 0.000863. The van der Waals surface area contributed by atoms with E-state index in [1.165, 1.54) is 7.05 Å². The van der Waals surface area contributed by atoms with Gasteiger partial charge in [0.05, 0.1) is 18.2 Å². The van der Waals surface area contributed by atoms with Gasteiger partial charge in [-0.15, -0.1) is 4.39 Å². The van der Waals surface area contributed by atoms with Crippen molar-refractivity contribution in [3.05, 3.63) is 0 Å². The van der Waals surface area contributed by atoms with Crippen molar-refractivity contribution in [1.29, 1.82) is 0 Å². The average Bonchev–Trinajstić information content (AvgIpc) is 2.10. The standard InChI is InChI=1S/C9H20FN2O2PS2/c1-7(2)12(17-11(5)9(10)13)15(6,16)14-8(3)4/h7-8H,1-6H3. The Morgan fingerprint density at radius 1 is 1.41 bits per heavy atom. The van der Waals surface area contributed by atoms with Crippen LogP contribution in [0, 0.1) is 0 Å². The zero-order valence-electron chi connectivity index (χ0n) is 11.0. The van der Waals surface area contributed by atoms with Crippen molar-refractivity contribution >= 4 is 36.5 Å². The van der Waals surface area contributed by atoms with E-state index in [4.69, 9.17) is 16.3 Å². The SMILES string of the molecule is CC(C)OP(C)(=S)N(SN(C)C(=O)F)C(C)C. The molecule has 0 aliphatic carbocycles. The van der Waals surface area contributed by atoms with Crippen molar-refractivity contribution in [3.8, 4) is 0 Å². The fourth-order valence-electron chi connectivity index (χ4n) is 1.18. The summed E-state index contributed by atoms with van der Waals surface area (Å²) in [5.41, 5.74) is 0. The lowest BCUT2D eigenvalue weighted by molar-refractivity contribution is 0.208. The summed E-state index contributed by atoms with van der Waals surface area (Å²) in [5, 5.41) is 0. The van der Waals surface area contributed by atoms with E-state index < -0.39 is 12.6 Å². The summed E-state index contributed by atoms with van der Waals surface area (Å²) < 4.78 is 20.9. The molecule has 0 spiro atoms. The lowest BCUT2D eigenvalue weighted by atomic mass is 10.4. The third-order valence-corrected chi connectivity index (χ3v) is 6.88. The van der Waals surface area contributed by atoms with Gasteiger partial charge in [0, 0.05) is 19.8 Å². The number of rotatable bonds is 6. The molecule has 1 atom stereocenters.